The topological polar surface area (TPSA) is 48.8 Å². The van der Waals surface area contributed by atoms with Gasteiger partial charge in [-0.15, -0.1) is 0 Å². The monoisotopic (exact) mass is 366 g/mol. The highest BCUT2D eigenvalue weighted by Crippen LogP contribution is 2.33. The summed E-state index contributed by atoms with van der Waals surface area (Å²) in [6.07, 6.45) is 1.69. The van der Waals surface area contributed by atoms with Gasteiger partial charge in [0.25, 0.3) is 5.91 Å². The fraction of sp³-hybridized carbons (Fsp3) is 0.105. The number of hydrogen-bond donors (Lipinski definition) is 0. The third-order valence-electron chi connectivity index (χ3n) is 3.83. The quantitative estimate of drug-likeness (QED) is 0.665. The minimum Gasteiger partial charge on any atom is -0.383 e. The van der Waals surface area contributed by atoms with Crippen LogP contribution in [0.1, 0.15) is 5.56 Å². The summed E-state index contributed by atoms with van der Waals surface area (Å²) < 4.78 is 14.6. The summed E-state index contributed by atoms with van der Waals surface area (Å²) in [6, 6.07) is 13.7. The van der Waals surface area contributed by atoms with Gasteiger partial charge in [-0.05, 0) is 24.3 Å². The Morgan fingerprint density at radius 1 is 1.15 bits per heavy atom. The fourth-order valence-electron chi connectivity index (χ4n) is 2.72. The van der Waals surface area contributed by atoms with E-state index in [4.69, 9.17) is 0 Å². The molecule has 130 valence electrons. The van der Waals surface area contributed by atoms with Crippen molar-refractivity contribution in [3.05, 3.63) is 71.7 Å². The number of para-hydroxylation sites is 1. The highest BCUT2D eigenvalue weighted by molar-refractivity contribution is 7.22. The lowest BCUT2D eigenvalue weighted by molar-refractivity contribution is -0.114. The van der Waals surface area contributed by atoms with E-state index in [2.05, 4.69) is 10.1 Å². The maximum Gasteiger partial charge on any atom is 0.284 e. The van der Waals surface area contributed by atoms with Crippen LogP contribution in [0.25, 0.3) is 10.2 Å². The van der Waals surface area contributed by atoms with Crippen molar-refractivity contribution in [3.63, 3.8) is 0 Å². The molecule has 0 N–H and O–H groups in total. The highest BCUT2D eigenvalue weighted by Gasteiger charge is 2.34. The van der Waals surface area contributed by atoms with Crippen molar-refractivity contribution in [1.82, 2.24) is 9.88 Å². The number of halogens is 1. The molecule has 2 heterocycles. The van der Waals surface area contributed by atoms with Crippen LogP contribution in [0.4, 0.5) is 9.52 Å². The normalized spacial score (nSPS) is 15.8. The van der Waals surface area contributed by atoms with Gasteiger partial charge in [-0.3, -0.25) is 4.79 Å². The number of thiazole rings is 1. The standard InChI is InChI=1S/C19H15FN4OS/c1-23(2)11-14-17(12-6-5-7-13(20)10-12)22-24(18(14)25)19-21-15-8-3-4-9-16(15)26-19/h3-11H,1-2H3. The number of hydrazone groups is 1. The Morgan fingerprint density at radius 2 is 1.96 bits per heavy atom. The Bertz CT molecular complexity index is 1040. The molecule has 26 heavy (non-hydrogen) atoms. The van der Waals surface area contributed by atoms with E-state index in [1.165, 1.54) is 28.5 Å². The zero-order valence-electron chi connectivity index (χ0n) is 14.2. The molecule has 7 heteroatoms. The summed E-state index contributed by atoms with van der Waals surface area (Å²) in [4.78, 5) is 19.3. The zero-order valence-corrected chi connectivity index (χ0v) is 15.0. The van der Waals surface area contributed by atoms with E-state index in [1.54, 1.807) is 23.2 Å². The number of fused-ring (bicyclic) bond motifs is 1. The molecule has 0 bridgehead atoms. The minimum atomic E-state index is -0.375. The van der Waals surface area contributed by atoms with Gasteiger partial charge in [0.2, 0.25) is 5.13 Å². The SMILES string of the molecule is CN(C)C=C1C(=O)N(c2nc3ccccc3s2)N=C1c1cccc(F)c1. The molecular formula is C19H15FN4OS. The van der Waals surface area contributed by atoms with Gasteiger partial charge in [-0.1, -0.05) is 35.6 Å². The number of nitrogens with zero attached hydrogens (tertiary/aromatic N) is 4. The van der Waals surface area contributed by atoms with E-state index in [9.17, 15) is 9.18 Å². The molecule has 1 amide bonds. The van der Waals surface area contributed by atoms with Crippen LogP contribution in [0.3, 0.4) is 0 Å². The van der Waals surface area contributed by atoms with Crippen molar-refractivity contribution in [1.29, 1.82) is 0 Å². The molecule has 4 rings (SSSR count). The molecule has 3 aromatic rings. The molecule has 2 aromatic carbocycles. The van der Waals surface area contributed by atoms with Gasteiger partial charge in [0.1, 0.15) is 11.5 Å². The maximum absolute atomic E-state index is 13.7. The first kappa shape index (κ1) is 16.4. The first-order chi connectivity index (χ1) is 12.5. The summed E-state index contributed by atoms with van der Waals surface area (Å²) >= 11 is 1.39. The fourth-order valence-corrected chi connectivity index (χ4v) is 3.63. The lowest BCUT2D eigenvalue weighted by Crippen LogP contribution is -2.22. The first-order valence-electron chi connectivity index (χ1n) is 7.96. The molecular weight excluding hydrogens is 351 g/mol. The van der Waals surface area contributed by atoms with Gasteiger partial charge in [0.15, 0.2) is 0 Å². The number of hydrogen-bond acceptors (Lipinski definition) is 5. The Kier molecular flexibility index (Phi) is 4.00. The molecule has 0 aliphatic carbocycles. The maximum atomic E-state index is 13.7. The number of carbonyl (C=O) groups is 1. The molecule has 0 spiro atoms. The van der Waals surface area contributed by atoms with E-state index < -0.39 is 0 Å². The lowest BCUT2D eigenvalue weighted by atomic mass is 10.0. The molecule has 0 saturated carbocycles. The van der Waals surface area contributed by atoms with Crippen molar-refractivity contribution in [3.8, 4) is 0 Å². The van der Waals surface area contributed by atoms with E-state index >= 15 is 0 Å². The predicted molar refractivity (Wildman–Crippen MR) is 102 cm³/mol. The van der Waals surface area contributed by atoms with Crippen LogP contribution in [0.5, 0.6) is 0 Å². The second kappa shape index (κ2) is 6.34. The smallest absolute Gasteiger partial charge is 0.284 e. The average Bonchev–Trinajstić information content (AvgIpc) is 3.16. The third kappa shape index (κ3) is 2.86. The summed E-state index contributed by atoms with van der Waals surface area (Å²) in [5.41, 5.74) is 2.20. The van der Waals surface area contributed by atoms with Gasteiger partial charge in [0.05, 0.1) is 15.8 Å². The Morgan fingerprint density at radius 3 is 2.69 bits per heavy atom. The van der Waals surface area contributed by atoms with E-state index in [0.29, 0.717) is 22.0 Å². The van der Waals surface area contributed by atoms with Crippen LogP contribution in [0, 0.1) is 5.82 Å². The summed E-state index contributed by atoms with van der Waals surface area (Å²) in [7, 11) is 3.65. The van der Waals surface area contributed by atoms with E-state index in [1.807, 2.05) is 38.4 Å². The van der Waals surface area contributed by atoms with Crippen molar-refractivity contribution < 1.29 is 9.18 Å². The number of anilines is 1. The largest absolute Gasteiger partial charge is 0.383 e. The van der Waals surface area contributed by atoms with Crippen LogP contribution in [-0.2, 0) is 4.79 Å². The van der Waals surface area contributed by atoms with Crippen LogP contribution in [-0.4, -0.2) is 35.6 Å². The number of amides is 1. The molecule has 1 aliphatic heterocycles. The number of rotatable bonds is 3. The Hall–Kier alpha value is -3.06. The van der Waals surface area contributed by atoms with Crippen molar-refractivity contribution in [2.24, 2.45) is 5.10 Å². The summed E-state index contributed by atoms with van der Waals surface area (Å²) in [6.45, 7) is 0. The van der Waals surface area contributed by atoms with E-state index in [-0.39, 0.29) is 11.7 Å². The summed E-state index contributed by atoms with van der Waals surface area (Å²) in [5.74, 6) is -0.655. The van der Waals surface area contributed by atoms with Crippen LogP contribution >= 0.6 is 11.3 Å². The van der Waals surface area contributed by atoms with Gasteiger partial charge < -0.3 is 4.90 Å². The second-order valence-electron chi connectivity index (χ2n) is 6.05. The first-order valence-corrected chi connectivity index (χ1v) is 8.78. The van der Waals surface area contributed by atoms with Gasteiger partial charge in [0, 0.05) is 25.9 Å². The average molecular weight is 366 g/mol. The van der Waals surface area contributed by atoms with Crippen molar-refractivity contribution in [2.75, 3.05) is 19.1 Å². The van der Waals surface area contributed by atoms with Crippen LogP contribution < -0.4 is 5.01 Å². The molecule has 0 atom stereocenters. The van der Waals surface area contributed by atoms with Crippen LogP contribution in [0.15, 0.2) is 65.4 Å². The molecule has 1 aromatic heterocycles. The number of benzene rings is 2. The van der Waals surface area contributed by atoms with Crippen molar-refractivity contribution in [2.45, 2.75) is 0 Å². The molecule has 5 nitrogen and oxygen atoms in total. The molecule has 0 saturated heterocycles. The molecule has 0 fully saturated rings. The van der Waals surface area contributed by atoms with Crippen molar-refractivity contribution >= 4 is 38.3 Å². The molecule has 0 unspecified atom stereocenters. The third-order valence-corrected chi connectivity index (χ3v) is 4.84. The Labute approximate surface area is 153 Å². The molecule has 1 aliphatic rings. The highest BCUT2D eigenvalue weighted by atomic mass is 32.1. The zero-order chi connectivity index (χ0) is 18.3. The lowest BCUT2D eigenvalue weighted by Gasteiger charge is -2.09. The number of aromatic nitrogens is 1. The van der Waals surface area contributed by atoms with E-state index in [0.717, 1.165) is 10.2 Å². The number of carbonyl (C=O) groups excluding carboxylic acids is 1. The predicted octanol–water partition coefficient (Wildman–Crippen LogP) is 3.63. The van der Waals surface area contributed by atoms with Gasteiger partial charge >= 0.3 is 0 Å². The summed E-state index contributed by atoms with van der Waals surface area (Å²) in [5, 5.41) is 6.25. The minimum absolute atomic E-state index is 0.281. The second-order valence-corrected chi connectivity index (χ2v) is 7.06. The molecule has 0 radical (unpaired) electrons. The van der Waals surface area contributed by atoms with Gasteiger partial charge in [-0.2, -0.15) is 10.1 Å². The van der Waals surface area contributed by atoms with Gasteiger partial charge in [-0.25, -0.2) is 9.37 Å². The Balaban J connectivity index is 1.84. The van der Waals surface area contributed by atoms with Crippen LogP contribution in [0.2, 0.25) is 0 Å².